The van der Waals surface area contributed by atoms with Gasteiger partial charge in [-0.05, 0) is 47.0 Å². The van der Waals surface area contributed by atoms with Crippen LogP contribution < -0.4 is 10.1 Å². The molecule has 0 saturated carbocycles. The summed E-state index contributed by atoms with van der Waals surface area (Å²) >= 11 is 1.10. The molecule has 162 valence electrons. The first-order valence-electron chi connectivity index (χ1n) is 9.69. The molecule has 2 N–H and O–H groups in total. The molecule has 8 heteroatoms. The van der Waals surface area contributed by atoms with Gasteiger partial charge in [0.05, 0.1) is 17.0 Å². The van der Waals surface area contributed by atoms with Crippen LogP contribution in [0.5, 0.6) is 0 Å². The minimum absolute atomic E-state index is 0.0535. The number of carbonyl (C=O) groups excluding carboxylic acids is 1. The Morgan fingerprint density at radius 2 is 1.65 bits per heavy atom. The van der Waals surface area contributed by atoms with Crippen molar-refractivity contribution in [3.8, 4) is 0 Å². The number of hydrogen-bond donors (Lipinski definition) is 2. The van der Waals surface area contributed by atoms with E-state index in [1.54, 1.807) is 42.6 Å². The number of thiophene rings is 1. The number of para-hydroxylation sites is 1. The molecular formula is C23H25N3O3S2. The van der Waals surface area contributed by atoms with Crippen LogP contribution in [0, 0.1) is 0 Å². The summed E-state index contributed by atoms with van der Waals surface area (Å²) < 4.78 is 27.7. The van der Waals surface area contributed by atoms with E-state index in [4.69, 9.17) is 0 Å². The number of amides is 1. The van der Waals surface area contributed by atoms with E-state index >= 15 is 0 Å². The van der Waals surface area contributed by atoms with Gasteiger partial charge < -0.3 is 0 Å². The minimum Gasteiger partial charge on any atom is -0.278 e. The Morgan fingerprint density at radius 3 is 2.26 bits per heavy atom. The molecule has 31 heavy (non-hydrogen) atoms. The Bertz CT molecular complexity index is 1190. The molecule has 0 aliphatic rings. The number of sulfonamides is 1. The normalized spacial score (nSPS) is 12.5. The second-order valence-corrected chi connectivity index (χ2v) is 10.9. The van der Waals surface area contributed by atoms with Crippen molar-refractivity contribution < 1.29 is 13.2 Å². The fourth-order valence-electron chi connectivity index (χ4n) is 2.85. The number of nitrogens with zero attached hydrogens (tertiary/aromatic N) is 1. The third-order valence-electron chi connectivity index (χ3n) is 4.67. The molecule has 0 spiro atoms. The lowest BCUT2D eigenvalue weighted by Crippen LogP contribution is -2.22. The molecule has 6 nitrogen and oxygen atoms in total. The quantitative estimate of drug-likeness (QED) is 0.405. The third kappa shape index (κ3) is 5.59. The number of nitrogens with one attached hydrogen (secondary N) is 2. The first-order valence-corrected chi connectivity index (χ1v) is 12.0. The van der Waals surface area contributed by atoms with Gasteiger partial charge >= 0.3 is 0 Å². The van der Waals surface area contributed by atoms with Crippen LogP contribution in [0.1, 0.15) is 49.2 Å². The third-order valence-corrected chi connectivity index (χ3v) is 7.43. The Morgan fingerprint density at radius 1 is 0.968 bits per heavy atom. The maximum Gasteiger partial charge on any atom is 0.273 e. The van der Waals surface area contributed by atoms with Gasteiger partial charge in [0.1, 0.15) is 4.21 Å². The standard InChI is InChI=1S/C23H25N3O3S2/c1-16(17-11-13-18(14-12-17)23(2,3)4)24-25-22(27)19-8-5-6-9-20(19)26-31(28,29)21-10-7-15-30-21/h5-15,26H,1-4H3,(H,25,27)/b24-16+. The average molecular weight is 456 g/mol. The highest BCUT2D eigenvalue weighted by atomic mass is 32.2. The van der Waals surface area contributed by atoms with E-state index in [0.717, 1.165) is 16.9 Å². The monoisotopic (exact) mass is 455 g/mol. The highest BCUT2D eigenvalue weighted by Gasteiger charge is 2.19. The van der Waals surface area contributed by atoms with E-state index in [9.17, 15) is 13.2 Å². The molecule has 0 atom stereocenters. The van der Waals surface area contributed by atoms with Crippen molar-refractivity contribution >= 4 is 38.7 Å². The van der Waals surface area contributed by atoms with Gasteiger partial charge in [-0.15, -0.1) is 11.3 Å². The fourth-order valence-corrected chi connectivity index (χ4v) is 4.93. The summed E-state index contributed by atoms with van der Waals surface area (Å²) in [6, 6.07) is 17.6. The van der Waals surface area contributed by atoms with Crippen LogP contribution in [0.2, 0.25) is 0 Å². The molecule has 3 aromatic rings. The van der Waals surface area contributed by atoms with Gasteiger partial charge in [-0.25, -0.2) is 13.8 Å². The topological polar surface area (TPSA) is 87.6 Å². The molecule has 0 saturated heterocycles. The Labute approximate surface area is 187 Å². The lowest BCUT2D eigenvalue weighted by Gasteiger charge is -2.19. The van der Waals surface area contributed by atoms with E-state index in [0.29, 0.717) is 5.71 Å². The van der Waals surface area contributed by atoms with Crippen molar-refractivity contribution in [1.82, 2.24) is 5.43 Å². The van der Waals surface area contributed by atoms with Crippen LogP contribution in [-0.2, 0) is 15.4 Å². The van der Waals surface area contributed by atoms with Crippen LogP contribution in [0.25, 0.3) is 0 Å². The highest BCUT2D eigenvalue weighted by Crippen LogP contribution is 2.24. The van der Waals surface area contributed by atoms with Crippen LogP contribution >= 0.6 is 11.3 Å². The summed E-state index contributed by atoms with van der Waals surface area (Å²) in [4.78, 5) is 12.7. The predicted molar refractivity (Wildman–Crippen MR) is 126 cm³/mol. The zero-order valence-corrected chi connectivity index (χ0v) is 19.5. The van der Waals surface area contributed by atoms with Gasteiger partial charge in [-0.2, -0.15) is 5.10 Å². The van der Waals surface area contributed by atoms with Gasteiger partial charge in [-0.1, -0.05) is 63.2 Å². The van der Waals surface area contributed by atoms with Gasteiger partial charge in [-0.3, -0.25) is 9.52 Å². The molecule has 3 rings (SSSR count). The molecule has 0 aliphatic carbocycles. The Hall–Kier alpha value is -2.97. The molecule has 1 amide bonds. The lowest BCUT2D eigenvalue weighted by atomic mass is 9.86. The van der Waals surface area contributed by atoms with Crippen molar-refractivity contribution in [2.45, 2.75) is 37.3 Å². The molecule has 0 fully saturated rings. The zero-order valence-electron chi connectivity index (χ0n) is 17.8. The number of carbonyl (C=O) groups is 1. The number of rotatable bonds is 6. The summed E-state index contributed by atoms with van der Waals surface area (Å²) in [6.07, 6.45) is 0. The van der Waals surface area contributed by atoms with E-state index in [2.05, 4.69) is 36.0 Å². The summed E-state index contributed by atoms with van der Waals surface area (Å²) in [5.74, 6) is -0.504. The summed E-state index contributed by atoms with van der Waals surface area (Å²) in [6.45, 7) is 8.24. The van der Waals surface area contributed by atoms with E-state index < -0.39 is 15.9 Å². The fraction of sp³-hybridized carbons (Fsp3) is 0.217. The smallest absolute Gasteiger partial charge is 0.273 e. The molecule has 0 radical (unpaired) electrons. The summed E-state index contributed by atoms with van der Waals surface area (Å²) in [5, 5.41) is 5.87. The SMILES string of the molecule is C/C(=N\NC(=O)c1ccccc1NS(=O)(=O)c1cccs1)c1ccc(C(C)(C)C)cc1. The van der Waals surface area contributed by atoms with Gasteiger partial charge in [0, 0.05) is 0 Å². The number of anilines is 1. The van der Waals surface area contributed by atoms with Crippen molar-refractivity contribution in [3.63, 3.8) is 0 Å². The second-order valence-electron chi connectivity index (χ2n) is 8.05. The number of benzene rings is 2. The maximum absolute atomic E-state index is 12.7. The Balaban J connectivity index is 1.77. The number of hydrogen-bond acceptors (Lipinski definition) is 5. The molecular weight excluding hydrogens is 430 g/mol. The zero-order chi connectivity index (χ0) is 22.6. The summed E-state index contributed by atoms with van der Waals surface area (Å²) in [7, 11) is -3.76. The van der Waals surface area contributed by atoms with Gasteiger partial charge in [0.2, 0.25) is 0 Å². The molecule has 2 aromatic carbocycles. The van der Waals surface area contributed by atoms with Crippen LogP contribution in [0.15, 0.2) is 75.4 Å². The largest absolute Gasteiger partial charge is 0.278 e. The van der Waals surface area contributed by atoms with Crippen molar-refractivity contribution in [2.75, 3.05) is 4.72 Å². The molecule has 1 heterocycles. The molecule has 0 unspecified atom stereocenters. The van der Waals surface area contributed by atoms with Crippen molar-refractivity contribution in [3.05, 3.63) is 82.7 Å². The first-order chi connectivity index (χ1) is 14.6. The van der Waals surface area contributed by atoms with Gasteiger partial charge in [0.15, 0.2) is 0 Å². The number of hydrazone groups is 1. The average Bonchev–Trinajstić information content (AvgIpc) is 3.27. The van der Waals surface area contributed by atoms with Gasteiger partial charge in [0.25, 0.3) is 15.9 Å². The molecule has 0 aliphatic heterocycles. The second kappa shape index (κ2) is 9.03. The molecule has 0 bridgehead atoms. The van der Waals surface area contributed by atoms with Crippen molar-refractivity contribution in [1.29, 1.82) is 0 Å². The van der Waals surface area contributed by atoms with Crippen LogP contribution in [-0.4, -0.2) is 20.0 Å². The van der Waals surface area contributed by atoms with Crippen molar-refractivity contribution in [2.24, 2.45) is 5.10 Å². The Kier molecular flexibility index (Phi) is 6.62. The molecule has 1 aromatic heterocycles. The lowest BCUT2D eigenvalue weighted by molar-refractivity contribution is 0.0955. The van der Waals surface area contributed by atoms with E-state index in [1.807, 2.05) is 24.3 Å². The van der Waals surface area contributed by atoms with Crippen LogP contribution in [0.4, 0.5) is 5.69 Å². The minimum atomic E-state index is -3.76. The highest BCUT2D eigenvalue weighted by molar-refractivity contribution is 7.94. The summed E-state index contributed by atoms with van der Waals surface area (Å²) in [5.41, 5.74) is 5.69. The van der Waals surface area contributed by atoms with Crippen LogP contribution in [0.3, 0.4) is 0 Å². The van der Waals surface area contributed by atoms with E-state index in [-0.39, 0.29) is 20.9 Å². The maximum atomic E-state index is 12.7. The van der Waals surface area contributed by atoms with E-state index in [1.165, 1.54) is 11.6 Å². The predicted octanol–water partition coefficient (Wildman–Crippen LogP) is 5.00. The first kappa shape index (κ1) is 22.7.